The van der Waals surface area contributed by atoms with Crippen LogP contribution in [-0.4, -0.2) is 7.11 Å². The van der Waals surface area contributed by atoms with Crippen LogP contribution in [0.15, 0.2) is 18.2 Å². The zero-order valence-corrected chi connectivity index (χ0v) is 10.9. The van der Waals surface area contributed by atoms with Crippen molar-refractivity contribution in [3.05, 3.63) is 29.3 Å². The number of benzene rings is 1. The summed E-state index contributed by atoms with van der Waals surface area (Å²) in [5.41, 5.74) is 7.67. The molecule has 0 radical (unpaired) electrons. The third-order valence-corrected chi connectivity index (χ3v) is 3.10. The van der Waals surface area contributed by atoms with Crippen molar-refractivity contribution < 1.29 is 4.74 Å². The van der Waals surface area contributed by atoms with Crippen LogP contribution in [0.5, 0.6) is 5.75 Å². The average Bonchev–Trinajstić information content (AvgIpc) is 2.36. The standard InChI is InChI=1S/C14H20N2O/c1-5-10-6-7-12(17-4)11(8-10)13(16)14(2,3)9-15/h6-8,13H,5,16H2,1-4H3. The molecule has 1 rings (SSSR count). The first-order valence-corrected chi connectivity index (χ1v) is 5.80. The molecule has 3 heteroatoms. The second-order valence-electron chi connectivity index (χ2n) is 4.74. The van der Waals surface area contributed by atoms with Gasteiger partial charge in [0, 0.05) is 5.56 Å². The van der Waals surface area contributed by atoms with Gasteiger partial charge in [-0.3, -0.25) is 0 Å². The zero-order chi connectivity index (χ0) is 13.1. The molecular formula is C14H20N2O. The van der Waals surface area contributed by atoms with E-state index in [4.69, 9.17) is 15.7 Å². The molecule has 0 aliphatic heterocycles. The molecule has 17 heavy (non-hydrogen) atoms. The number of rotatable bonds is 4. The number of methoxy groups -OCH3 is 1. The van der Waals surface area contributed by atoms with Gasteiger partial charge < -0.3 is 10.5 Å². The number of nitrogens with zero attached hydrogens (tertiary/aromatic N) is 1. The topological polar surface area (TPSA) is 59.0 Å². The minimum absolute atomic E-state index is 0.353. The lowest BCUT2D eigenvalue weighted by Gasteiger charge is -2.26. The molecule has 0 spiro atoms. The van der Waals surface area contributed by atoms with Crippen LogP contribution in [0.3, 0.4) is 0 Å². The molecule has 0 aliphatic rings. The number of aryl methyl sites for hydroxylation is 1. The van der Waals surface area contributed by atoms with Gasteiger partial charge in [-0.2, -0.15) is 5.26 Å². The maximum Gasteiger partial charge on any atom is 0.123 e. The van der Waals surface area contributed by atoms with Gasteiger partial charge in [-0.15, -0.1) is 0 Å². The lowest BCUT2D eigenvalue weighted by atomic mass is 9.81. The lowest BCUT2D eigenvalue weighted by molar-refractivity contribution is 0.362. The lowest BCUT2D eigenvalue weighted by Crippen LogP contribution is -2.28. The first kappa shape index (κ1) is 13.5. The minimum atomic E-state index is -0.611. The number of ether oxygens (including phenoxy) is 1. The van der Waals surface area contributed by atoms with Gasteiger partial charge in [0.2, 0.25) is 0 Å². The molecule has 1 aromatic rings. The highest BCUT2D eigenvalue weighted by molar-refractivity contribution is 5.41. The molecule has 92 valence electrons. The van der Waals surface area contributed by atoms with Crippen molar-refractivity contribution >= 4 is 0 Å². The predicted octanol–water partition coefficient (Wildman–Crippen LogP) is 2.81. The van der Waals surface area contributed by atoms with Crippen LogP contribution in [0, 0.1) is 16.7 Å². The summed E-state index contributed by atoms with van der Waals surface area (Å²) in [5.74, 6) is 0.748. The normalized spacial score (nSPS) is 12.9. The maximum absolute atomic E-state index is 9.15. The molecule has 0 amide bonds. The highest BCUT2D eigenvalue weighted by atomic mass is 16.5. The van der Waals surface area contributed by atoms with Crippen molar-refractivity contribution in [2.75, 3.05) is 7.11 Å². The van der Waals surface area contributed by atoms with E-state index in [1.165, 1.54) is 5.56 Å². The van der Waals surface area contributed by atoms with E-state index < -0.39 is 5.41 Å². The van der Waals surface area contributed by atoms with Gasteiger partial charge in [0.1, 0.15) is 5.75 Å². The molecule has 0 heterocycles. The number of hydrogen-bond donors (Lipinski definition) is 1. The summed E-state index contributed by atoms with van der Waals surface area (Å²) in [5, 5.41) is 9.15. The molecular weight excluding hydrogens is 212 g/mol. The Bertz CT molecular complexity index is 432. The fourth-order valence-corrected chi connectivity index (χ4v) is 1.71. The van der Waals surface area contributed by atoms with Crippen LogP contribution >= 0.6 is 0 Å². The Morgan fingerprint density at radius 2 is 2.12 bits per heavy atom. The summed E-state index contributed by atoms with van der Waals surface area (Å²) in [7, 11) is 1.62. The molecule has 1 atom stereocenters. The summed E-state index contributed by atoms with van der Waals surface area (Å²) in [4.78, 5) is 0. The van der Waals surface area contributed by atoms with Crippen LogP contribution in [0.1, 0.15) is 37.9 Å². The van der Waals surface area contributed by atoms with Crippen molar-refractivity contribution in [3.8, 4) is 11.8 Å². The van der Waals surface area contributed by atoms with E-state index in [1.54, 1.807) is 7.11 Å². The predicted molar refractivity (Wildman–Crippen MR) is 68.7 cm³/mol. The highest BCUT2D eigenvalue weighted by Gasteiger charge is 2.29. The largest absolute Gasteiger partial charge is 0.496 e. The first-order valence-electron chi connectivity index (χ1n) is 5.80. The van der Waals surface area contributed by atoms with E-state index >= 15 is 0 Å². The smallest absolute Gasteiger partial charge is 0.123 e. The second kappa shape index (κ2) is 5.20. The van der Waals surface area contributed by atoms with E-state index in [0.29, 0.717) is 0 Å². The third kappa shape index (κ3) is 2.78. The molecule has 0 fully saturated rings. The minimum Gasteiger partial charge on any atom is -0.496 e. The van der Waals surface area contributed by atoms with Crippen LogP contribution in [-0.2, 0) is 6.42 Å². The summed E-state index contributed by atoms with van der Waals surface area (Å²) in [6.45, 7) is 5.78. The first-order chi connectivity index (χ1) is 7.96. The Labute approximate surface area is 103 Å². The van der Waals surface area contributed by atoms with Crippen LogP contribution < -0.4 is 10.5 Å². The monoisotopic (exact) mass is 232 g/mol. The summed E-state index contributed by atoms with van der Waals surface area (Å²) in [6.07, 6.45) is 0.941. The second-order valence-corrected chi connectivity index (χ2v) is 4.74. The number of hydrogen-bond acceptors (Lipinski definition) is 3. The maximum atomic E-state index is 9.15. The van der Waals surface area contributed by atoms with Crippen molar-refractivity contribution in [3.63, 3.8) is 0 Å². The third-order valence-electron chi connectivity index (χ3n) is 3.10. The van der Waals surface area contributed by atoms with E-state index in [-0.39, 0.29) is 6.04 Å². The van der Waals surface area contributed by atoms with Crippen LogP contribution in [0.25, 0.3) is 0 Å². The summed E-state index contributed by atoms with van der Waals surface area (Å²) in [6, 6.07) is 7.87. The Morgan fingerprint density at radius 3 is 2.59 bits per heavy atom. The Morgan fingerprint density at radius 1 is 1.47 bits per heavy atom. The van der Waals surface area contributed by atoms with E-state index in [2.05, 4.69) is 13.0 Å². The molecule has 0 saturated heterocycles. The quantitative estimate of drug-likeness (QED) is 0.868. The SMILES string of the molecule is CCc1ccc(OC)c(C(N)C(C)(C)C#N)c1. The van der Waals surface area contributed by atoms with E-state index in [0.717, 1.165) is 17.7 Å². The van der Waals surface area contributed by atoms with Gasteiger partial charge in [0.05, 0.1) is 24.6 Å². The molecule has 0 aliphatic carbocycles. The molecule has 0 saturated carbocycles. The fraction of sp³-hybridized carbons (Fsp3) is 0.500. The van der Waals surface area contributed by atoms with Gasteiger partial charge in [-0.25, -0.2) is 0 Å². The van der Waals surface area contributed by atoms with Gasteiger partial charge in [-0.1, -0.05) is 19.1 Å². The van der Waals surface area contributed by atoms with Gasteiger partial charge in [-0.05, 0) is 31.9 Å². The van der Waals surface area contributed by atoms with Gasteiger partial charge in [0.25, 0.3) is 0 Å². The Balaban J connectivity index is 3.24. The van der Waals surface area contributed by atoms with Crippen molar-refractivity contribution in [2.45, 2.75) is 33.2 Å². The van der Waals surface area contributed by atoms with E-state index in [9.17, 15) is 0 Å². The summed E-state index contributed by atoms with van der Waals surface area (Å²) < 4.78 is 5.32. The van der Waals surface area contributed by atoms with Crippen molar-refractivity contribution in [2.24, 2.45) is 11.1 Å². The van der Waals surface area contributed by atoms with E-state index in [1.807, 2.05) is 32.0 Å². The van der Waals surface area contributed by atoms with Gasteiger partial charge in [0.15, 0.2) is 0 Å². The molecule has 1 aromatic carbocycles. The zero-order valence-electron chi connectivity index (χ0n) is 10.9. The Kier molecular flexibility index (Phi) is 4.14. The number of nitriles is 1. The molecule has 2 N–H and O–H groups in total. The van der Waals surface area contributed by atoms with Crippen molar-refractivity contribution in [1.82, 2.24) is 0 Å². The van der Waals surface area contributed by atoms with Gasteiger partial charge >= 0.3 is 0 Å². The van der Waals surface area contributed by atoms with Crippen molar-refractivity contribution in [1.29, 1.82) is 5.26 Å². The highest BCUT2D eigenvalue weighted by Crippen LogP contribution is 2.36. The molecule has 1 unspecified atom stereocenters. The summed E-state index contributed by atoms with van der Waals surface area (Å²) >= 11 is 0. The average molecular weight is 232 g/mol. The van der Waals surface area contributed by atoms with Crippen LogP contribution in [0.2, 0.25) is 0 Å². The number of nitrogens with two attached hydrogens (primary N) is 1. The molecule has 3 nitrogen and oxygen atoms in total. The molecule has 0 aromatic heterocycles. The Hall–Kier alpha value is -1.53. The fourth-order valence-electron chi connectivity index (χ4n) is 1.71. The van der Waals surface area contributed by atoms with Crippen LogP contribution in [0.4, 0.5) is 0 Å². The molecule has 0 bridgehead atoms.